The SMILES string of the molecule is CCc1ccc2nc(CC(N)c3ccccc3)[nH]c2c1. The van der Waals surface area contributed by atoms with Crippen LogP contribution in [0.1, 0.15) is 29.9 Å². The highest BCUT2D eigenvalue weighted by atomic mass is 14.9. The molecule has 1 unspecified atom stereocenters. The highest BCUT2D eigenvalue weighted by Gasteiger charge is 2.10. The molecule has 2 aromatic carbocycles. The summed E-state index contributed by atoms with van der Waals surface area (Å²) >= 11 is 0. The molecule has 3 rings (SSSR count). The van der Waals surface area contributed by atoms with Crippen molar-refractivity contribution in [3.63, 3.8) is 0 Å². The Kier molecular flexibility index (Phi) is 3.52. The van der Waals surface area contributed by atoms with Crippen molar-refractivity contribution in [3.8, 4) is 0 Å². The van der Waals surface area contributed by atoms with E-state index < -0.39 is 0 Å². The van der Waals surface area contributed by atoms with Gasteiger partial charge in [-0.15, -0.1) is 0 Å². The second-order valence-electron chi connectivity index (χ2n) is 5.11. The van der Waals surface area contributed by atoms with Crippen molar-refractivity contribution >= 4 is 11.0 Å². The van der Waals surface area contributed by atoms with Gasteiger partial charge in [0.2, 0.25) is 0 Å². The minimum absolute atomic E-state index is 0.0255. The van der Waals surface area contributed by atoms with E-state index in [2.05, 4.69) is 47.2 Å². The van der Waals surface area contributed by atoms with E-state index in [1.807, 2.05) is 18.2 Å². The Morgan fingerprint density at radius 3 is 2.70 bits per heavy atom. The van der Waals surface area contributed by atoms with Gasteiger partial charge in [-0.3, -0.25) is 0 Å². The number of imidazole rings is 1. The third kappa shape index (κ3) is 2.58. The summed E-state index contributed by atoms with van der Waals surface area (Å²) in [7, 11) is 0. The van der Waals surface area contributed by atoms with Crippen molar-refractivity contribution in [2.24, 2.45) is 5.73 Å². The van der Waals surface area contributed by atoms with Crippen molar-refractivity contribution in [3.05, 3.63) is 65.5 Å². The van der Waals surface area contributed by atoms with Crippen molar-refractivity contribution in [1.29, 1.82) is 0 Å². The molecule has 1 heterocycles. The fraction of sp³-hybridized carbons (Fsp3) is 0.235. The van der Waals surface area contributed by atoms with Crippen LogP contribution < -0.4 is 5.73 Å². The molecular weight excluding hydrogens is 246 g/mol. The van der Waals surface area contributed by atoms with Crippen LogP contribution in [-0.2, 0) is 12.8 Å². The molecule has 0 aliphatic heterocycles. The number of rotatable bonds is 4. The predicted octanol–water partition coefficient (Wildman–Crippen LogP) is 3.37. The summed E-state index contributed by atoms with van der Waals surface area (Å²) in [6.45, 7) is 2.16. The molecular formula is C17H19N3. The van der Waals surface area contributed by atoms with Crippen LogP contribution in [0.25, 0.3) is 11.0 Å². The van der Waals surface area contributed by atoms with E-state index in [0.717, 1.165) is 35.3 Å². The number of aromatic nitrogens is 2. The second-order valence-corrected chi connectivity index (χ2v) is 5.11. The van der Waals surface area contributed by atoms with Crippen LogP contribution in [0.5, 0.6) is 0 Å². The van der Waals surface area contributed by atoms with Crippen LogP contribution in [0.4, 0.5) is 0 Å². The minimum Gasteiger partial charge on any atom is -0.342 e. The lowest BCUT2D eigenvalue weighted by molar-refractivity contribution is 0.696. The van der Waals surface area contributed by atoms with E-state index in [9.17, 15) is 0 Å². The number of nitrogens with two attached hydrogens (primary N) is 1. The van der Waals surface area contributed by atoms with Gasteiger partial charge in [-0.2, -0.15) is 0 Å². The Morgan fingerprint density at radius 1 is 1.15 bits per heavy atom. The average Bonchev–Trinajstić information content (AvgIpc) is 2.89. The summed E-state index contributed by atoms with van der Waals surface area (Å²) < 4.78 is 0. The number of aryl methyl sites for hydroxylation is 1. The first-order chi connectivity index (χ1) is 9.76. The van der Waals surface area contributed by atoms with Crippen molar-refractivity contribution in [2.45, 2.75) is 25.8 Å². The van der Waals surface area contributed by atoms with Crippen LogP contribution in [0.15, 0.2) is 48.5 Å². The summed E-state index contributed by atoms with van der Waals surface area (Å²) in [6.07, 6.45) is 1.76. The smallest absolute Gasteiger partial charge is 0.109 e. The lowest BCUT2D eigenvalue weighted by Crippen LogP contribution is -2.13. The average molecular weight is 265 g/mol. The van der Waals surface area contributed by atoms with Gasteiger partial charge >= 0.3 is 0 Å². The molecule has 1 atom stereocenters. The predicted molar refractivity (Wildman–Crippen MR) is 82.5 cm³/mol. The lowest BCUT2D eigenvalue weighted by atomic mass is 10.0. The highest BCUT2D eigenvalue weighted by molar-refractivity contribution is 5.75. The number of aromatic amines is 1. The third-order valence-electron chi connectivity index (χ3n) is 3.64. The molecule has 102 valence electrons. The topological polar surface area (TPSA) is 54.7 Å². The molecule has 0 fully saturated rings. The molecule has 0 radical (unpaired) electrons. The Hall–Kier alpha value is -2.13. The third-order valence-corrected chi connectivity index (χ3v) is 3.64. The number of nitrogens with zero attached hydrogens (tertiary/aromatic N) is 1. The van der Waals surface area contributed by atoms with Gasteiger partial charge in [0.1, 0.15) is 5.82 Å². The number of benzene rings is 2. The standard InChI is InChI=1S/C17H19N3/c1-2-12-8-9-15-16(10-12)20-17(19-15)11-14(18)13-6-4-3-5-7-13/h3-10,14H,2,11,18H2,1H3,(H,19,20). The molecule has 3 heteroatoms. The molecule has 20 heavy (non-hydrogen) atoms. The zero-order valence-electron chi connectivity index (χ0n) is 11.6. The zero-order valence-corrected chi connectivity index (χ0v) is 11.6. The Morgan fingerprint density at radius 2 is 1.95 bits per heavy atom. The van der Waals surface area contributed by atoms with Crippen LogP contribution in [0.2, 0.25) is 0 Å². The molecule has 3 N–H and O–H groups in total. The van der Waals surface area contributed by atoms with Gasteiger partial charge in [0.05, 0.1) is 11.0 Å². The van der Waals surface area contributed by atoms with Crippen LogP contribution in [-0.4, -0.2) is 9.97 Å². The highest BCUT2D eigenvalue weighted by Crippen LogP contribution is 2.18. The summed E-state index contributed by atoms with van der Waals surface area (Å²) in [5.74, 6) is 0.949. The van der Waals surface area contributed by atoms with Gasteiger partial charge in [0.25, 0.3) is 0 Å². The summed E-state index contributed by atoms with van der Waals surface area (Å²) in [5.41, 5.74) is 10.8. The van der Waals surface area contributed by atoms with E-state index in [1.54, 1.807) is 0 Å². The largest absolute Gasteiger partial charge is 0.342 e. The van der Waals surface area contributed by atoms with Gasteiger partial charge in [0, 0.05) is 12.5 Å². The van der Waals surface area contributed by atoms with Crippen LogP contribution in [0, 0.1) is 0 Å². The molecule has 0 saturated carbocycles. The quantitative estimate of drug-likeness (QED) is 0.760. The van der Waals surface area contributed by atoms with Crippen molar-refractivity contribution in [2.75, 3.05) is 0 Å². The van der Waals surface area contributed by atoms with E-state index in [0.29, 0.717) is 0 Å². The number of fused-ring (bicyclic) bond motifs is 1. The van der Waals surface area contributed by atoms with E-state index in [-0.39, 0.29) is 6.04 Å². The van der Waals surface area contributed by atoms with E-state index in [1.165, 1.54) is 5.56 Å². The maximum absolute atomic E-state index is 6.24. The number of nitrogens with one attached hydrogen (secondary N) is 1. The number of hydrogen-bond acceptors (Lipinski definition) is 2. The van der Waals surface area contributed by atoms with E-state index >= 15 is 0 Å². The normalized spacial score (nSPS) is 12.7. The zero-order chi connectivity index (χ0) is 13.9. The minimum atomic E-state index is -0.0255. The van der Waals surface area contributed by atoms with Crippen LogP contribution >= 0.6 is 0 Å². The molecule has 0 spiro atoms. The molecule has 0 bridgehead atoms. The van der Waals surface area contributed by atoms with Gasteiger partial charge in [-0.25, -0.2) is 4.98 Å². The Labute approximate surface area is 118 Å². The summed E-state index contributed by atoms with van der Waals surface area (Å²) in [6, 6.07) is 16.5. The van der Waals surface area contributed by atoms with E-state index in [4.69, 9.17) is 5.73 Å². The lowest BCUT2D eigenvalue weighted by Gasteiger charge is -2.09. The van der Waals surface area contributed by atoms with Crippen molar-refractivity contribution in [1.82, 2.24) is 9.97 Å². The fourth-order valence-electron chi connectivity index (χ4n) is 2.45. The first-order valence-corrected chi connectivity index (χ1v) is 7.04. The monoisotopic (exact) mass is 265 g/mol. The molecule has 3 nitrogen and oxygen atoms in total. The molecule has 0 saturated heterocycles. The second kappa shape index (κ2) is 5.47. The van der Waals surface area contributed by atoms with Crippen LogP contribution in [0.3, 0.4) is 0 Å². The number of hydrogen-bond donors (Lipinski definition) is 2. The fourth-order valence-corrected chi connectivity index (χ4v) is 2.45. The Bertz CT molecular complexity index is 701. The summed E-state index contributed by atoms with van der Waals surface area (Å²) in [4.78, 5) is 8.00. The molecule has 0 aliphatic rings. The molecule has 3 aromatic rings. The molecule has 0 amide bonds. The van der Waals surface area contributed by atoms with Gasteiger partial charge in [-0.1, -0.05) is 43.3 Å². The van der Waals surface area contributed by atoms with Gasteiger partial charge < -0.3 is 10.7 Å². The number of H-pyrrole nitrogens is 1. The van der Waals surface area contributed by atoms with Gasteiger partial charge in [0.15, 0.2) is 0 Å². The van der Waals surface area contributed by atoms with Gasteiger partial charge in [-0.05, 0) is 29.7 Å². The van der Waals surface area contributed by atoms with Crippen molar-refractivity contribution < 1.29 is 0 Å². The first kappa shape index (κ1) is 12.9. The Balaban J connectivity index is 1.84. The first-order valence-electron chi connectivity index (χ1n) is 7.04. The maximum atomic E-state index is 6.24. The maximum Gasteiger partial charge on any atom is 0.109 e. The molecule has 0 aliphatic carbocycles. The molecule has 1 aromatic heterocycles. The summed E-state index contributed by atoms with van der Waals surface area (Å²) in [5, 5.41) is 0.